The molecule has 7 heteroatoms. The molecule has 0 bridgehead atoms. The molecule has 0 aliphatic heterocycles. The lowest BCUT2D eigenvalue weighted by Gasteiger charge is -2.19. The van der Waals surface area contributed by atoms with Crippen molar-refractivity contribution in [3.63, 3.8) is 0 Å². The number of benzene rings is 1. The van der Waals surface area contributed by atoms with Crippen LogP contribution in [-0.4, -0.2) is 40.9 Å². The zero-order valence-corrected chi connectivity index (χ0v) is 15.4. The number of rotatable bonds is 6. The highest BCUT2D eigenvalue weighted by Gasteiger charge is 2.09. The van der Waals surface area contributed by atoms with E-state index in [1.54, 1.807) is 10.9 Å². The molecular weight excluding hydrogens is 328 g/mol. The molecule has 0 radical (unpaired) electrons. The van der Waals surface area contributed by atoms with Gasteiger partial charge in [0, 0.05) is 38.3 Å². The Hall–Kier alpha value is -3.09. The van der Waals surface area contributed by atoms with Gasteiger partial charge in [-0.2, -0.15) is 5.10 Å². The van der Waals surface area contributed by atoms with Crippen LogP contribution in [0.1, 0.15) is 12.1 Å². The number of hydrogen-bond acceptors (Lipinski definition) is 4. The highest BCUT2D eigenvalue weighted by atomic mass is 16.2. The van der Waals surface area contributed by atoms with Crippen LogP contribution in [0, 0.1) is 6.92 Å². The van der Waals surface area contributed by atoms with E-state index in [-0.39, 0.29) is 6.03 Å². The maximum absolute atomic E-state index is 12.1. The summed E-state index contributed by atoms with van der Waals surface area (Å²) in [7, 11) is 3.90. The molecule has 2 amide bonds. The number of carbonyl (C=O) groups is 1. The number of urea groups is 1. The highest BCUT2D eigenvalue weighted by molar-refractivity contribution is 5.92. The molecular formula is C19H24N6O. The van der Waals surface area contributed by atoms with E-state index in [0.29, 0.717) is 12.2 Å². The standard InChI is InChI=1S/C19H24N6O/c1-14-17-12-15(13-21-18(17)25(3)23-14)22-19(26)20-10-7-11-24(2)16-8-5-4-6-9-16/h4-6,8-9,12-13H,7,10-11H2,1-3H3,(H2,20,22,26). The number of nitrogens with one attached hydrogen (secondary N) is 2. The summed E-state index contributed by atoms with van der Waals surface area (Å²) >= 11 is 0. The predicted molar refractivity (Wildman–Crippen MR) is 105 cm³/mol. The van der Waals surface area contributed by atoms with E-state index in [0.717, 1.165) is 29.7 Å². The molecule has 3 rings (SSSR count). The van der Waals surface area contributed by atoms with Gasteiger partial charge in [0.2, 0.25) is 0 Å². The van der Waals surface area contributed by atoms with Crippen LogP contribution in [0.15, 0.2) is 42.6 Å². The highest BCUT2D eigenvalue weighted by Crippen LogP contribution is 2.19. The number of hydrogen-bond donors (Lipinski definition) is 2. The fraction of sp³-hybridized carbons (Fsp3) is 0.316. The quantitative estimate of drug-likeness (QED) is 0.669. The third kappa shape index (κ3) is 4.11. The maximum Gasteiger partial charge on any atom is 0.319 e. The number of aromatic nitrogens is 3. The fourth-order valence-electron chi connectivity index (χ4n) is 2.88. The van der Waals surface area contributed by atoms with Crippen molar-refractivity contribution in [3.8, 4) is 0 Å². The Bertz CT molecular complexity index is 890. The molecule has 136 valence electrons. The van der Waals surface area contributed by atoms with Crippen molar-refractivity contribution < 1.29 is 4.79 Å². The summed E-state index contributed by atoms with van der Waals surface area (Å²) in [6.07, 6.45) is 2.50. The topological polar surface area (TPSA) is 75.1 Å². The lowest BCUT2D eigenvalue weighted by Crippen LogP contribution is -2.31. The Morgan fingerprint density at radius 2 is 2.04 bits per heavy atom. The minimum atomic E-state index is -0.227. The van der Waals surface area contributed by atoms with Gasteiger partial charge in [-0.05, 0) is 31.5 Å². The molecule has 0 saturated carbocycles. The molecule has 0 fully saturated rings. The van der Waals surface area contributed by atoms with Gasteiger partial charge >= 0.3 is 6.03 Å². The number of nitrogens with zero attached hydrogens (tertiary/aromatic N) is 4. The van der Waals surface area contributed by atoms with Gasteiger partial charge in [-0.25, -0.2) is 9.78 Å². The molecule has 1 aromatic carbocycles. The Kier molecular flexibility index (Phi) is 5.36. The number of carbonyl (C=O) groups excluding carboxylic acids is 1. The third-order valence-electron chi connectivity index (χ3n) is 4.27. The minimum absolute atomic E-state index is 0.227. The zero-order valence-electron chi connectivity index (χ0n) is 15.4. The summed E-state index contributed by atoms with van der Waals surface area (Å²) in [5.41, 5.74) is 3.52. The Morgan fingerprint density at radius 1 is 1.27 bits per heavy atom. The second kappa shape index (κ2) is 7.86. The normalized spacial score (nSPS) is 10.7. The van der Waals surface area contributed by atoms with Crippen LogP contribution in [0.2, 0.25) is 0 Å². The van der Waals surface area contributed by atoms with Crippen molar-refractivity contribution in [2.24, 2.45) is 7.05 Å². The maximum atomic E-state index is 12.1. The van der Waals surface area contributed by atoms with Crippen molar-refractivity contribution in [1.29, 1.82) is 0 Å². The number of fused-ring (bicyclic) bond motifs is 1. The molecule has 2 aromatic heterocycles. The second-order valence-electron chi connectivity index (χ2n) is 6.30. The predicted octanol–water partition coefficient (Wildman–Crippen LogP) is 2.92. The van der Waals surface area contributed by atoms with Gasteiger partial charge in [0.05, 0.1) is 17.6 Å². The Labute approximate surface area is 153 Å². The van der Waals surface area contributed by atoms with Crippen LogP contribution >= 0.6 is 0 Å². The van der Waals surface area contributed by atoms with Gasteiger partial charge in [-0.15, -0.1) is 0 Å². The van der Waals surface area contributed by atoms with E-state index in [9.17, 15) is 4.79 Å². The Morgan fingerprint density at radius 3 is 2.81 bits per heavy atom. The molecule has 0 aliphatic rings. The fourth-order valence-corrected chi connectivity index (χ4v) is 2.88. The molecule has 7 nitrogen and oxygen atoms in total. The first-order valence-electron chi connectivity index (χ1n) is 8.65. The smallest absolute Gasteiger partial charge is 0.319 e. The van der Waals surface area contributed by atoms with E-state index in [1.165, 1.54) is 5.69 Å². The SMILES string of the molecule is Cc1nn(C)c2ncc(NC(=O)NCCCN(C)c3ccccc3)cc12. The number of aryl methyl sites for hydroxylation is 2. The molecule has 0 aliphatic carbocycles. The van der Waals surface area contributed by atoms with E-state index in [4.69, 9.17) is 0 Å². The average Bonchev–Trinajstić information content (AvgIpc) is 2.93. The van der Waals surface area contributed by atoms with Crippen molar-refractivity contribution in [2.45, 2.75) is 13.3 Å². The molecule has 0 atom stereocenters. The molecule has 0 unspecified atom stereocenters. The van der Waals surface area contributed by atoms with Gasteiger partial charge in [0.25, 0.3) is 0 Å². The van der Waals surface area contributed by atoms with Crippen molar-refractivity contribution >= 4 is 28.4 Å². The third-order valence-corrected chi connectivity index (χ3v) is 4.27. The van der Waals surface area contributed by atoms with E-state index >= 15 is 0 Å². The molecule has 2 heterocycles. The zero-order chi connectivity index (χ0) is 18.5. The largest absolute Gasteiger partial charge is 0.375 e. The van der Waals surface area contributed by atoms with E-state index in [1.807, 2.05) is 45.3 Å². The summed E-state index contributed by atoms with van der Waals surface area (Å²) in [4.78, 5) is 18.6. The van der Waals surface area contributed by atoms with Crippen molar-refractivity contribution in [3.05, 3.63) is 48.3 Å². The summed E-state index contributed by atoms with van der Waals surface area (Å²) in [6, 6.07) is 11.9. The number of pyridine rings is 1. The van der Waals surface area contributed by atoms with Crippen molar-refractivity contribution in [1.82, 2.24) is 20.1 Å². The van der Waals surface area contributed by atoms with Gasteiger partial charge in [0.15, 0.2) is 5.65 Å². The van der Waals surface area contributed by atoms with Gasteiger partial charge < -0.3 is 15.5 Å². The van der Waals surface area contributed by atoms with Crippen LogP contribution in [0.25, 0.3) is 11.0 Å². The monoisotopic (exact) mass is 352 g/mol. The lowest BCUT2D eigenvalue weighted by atomic mass is 10.2. The molecule has 2 N–H and O–H groups in total. The summed E-state index contributed by atoms with van der Waals surface area (Å²) in [5.74, 6) is 0. The first-order chi connectivity index (χ1) is 12.5. The number of anilines is 2. The Balaban J connectivity index is 1.46. The molecule has 0 saturated heterocycles. The van der Waals surface area contributed by atoms with Gasteiger partial charge in [-0.1, -0.05) is 18.2 Å². The van der Waals surface area contributed by atoms with E-state index in [2.05, 4.69) is 37.7 Å². The first kappa shape index (κ1) is 17.7. The minimum Gasteiger partial charge on any atom is -0.375 e. The van der Waals surface area contributed by atoms with Crippen LogP contribution < -0.4 is 15.5 Å². The summed E-state index contributed by atoms with van der Waals surface area (Å²) in [6.45, 7) is 3.40. The second-order valence-corrected chi connectivity index (χ2v) is 6.30. The van der Waals surface area contributed by atoms with Crippen LogP contribution in [-0.2, 0) is 7.05 Å². The lowest BCUT2D eigenvalue weighted by molar-refractivity contribution is 0.252. The molecule has 0 spiro atoms. The number of para-hydroxylation sites is 1. The molecule has 26 heavy (non-hydrogen) atoms. The van der Waals surface area contributed by atoms with Gasteiger partial charge in [0.1, 0.15) is 0 Å². The van der Waals surface area contributed by atoms with Crippen LogP contribution in [0.4, 0.5) is 16.2 Å². The first-order valence-corrected chi connectivity index (χ1v) is 8.65. The summed E-state index contributed by atoms with van der Waals surface area (Å²) in [5, 5.41) is 11.0. The van der Waals surface area contributed by atoms with E-state index < -0.39 is 0 Å². The number of amides is 2. The van der Waals surface area contributed by atoms with Crippen LogP contribution in [0.3, 0.4) is 0 Å². The molecule has 3 aromatic rings. The average molecular weight is 352 g/mol. The van der Waals surface area contributed by atoms with Gasteiger partial charge in [-0.3, -0.25) is 4.68 Å². The van der Waals surface area contributed by atoms with Crippen LogP contribution in [0.5, 0.6) is 0 Å². The van der Waals surface area contributed by atoms with Crippen molar-refractivity contribution in [2.75, 3.05) is 30.4 Å². The summed E-state index contributed by atoms with van der Waals surface area (Å²) < 4.78 is 1.73.